The Morgan fingerprint density at radius 1 is 1.37 bits per heavy atom. The summed E-state index contributed by atoms with van der Waals surface area (Å²) in [6.45, 7) is 5.20. The van der Waals surface area contributed by atoms with Crippen molar-refractivity contribution in [2.75, 3.05) is 13.7 Å². The maximum absolute atomic E-state index is 14.3. The van der Waals surface area contributed by atoms with Crippen LogP contribution in [0.3, 0.4) is 0 Å². The van der Waals surface area contributed by atoms with Gasteiger partial charge in [0.25, 0.3) is 0 Å². The molecule has 0 aliphatic heterocycles. The predicted molar refractivity (Wildman–Crippen MR) is 75.9 cm³/mol. The number of rotatable bonds is 5. The standard InChI is InChI=1S/C16H24FNO/c1-4-18-15(16(2)9-5-6-10-16)13-8-7-12(19-3)11-14(13)17/h7-8,11,15,18H,4-6,9-10H2,1-3H3. The quantitative estimate of drug-likeness (QED) is 0.866. The van der Waals surface area contributed by atoms with Gasteiger partial charge in [-0.1, -0.05) is 32.8 Å². The first-order valence-electron chi connectivity index (χ1n) is 7.17. The van der Waals surface area contributed by atoms with E-state index in [4.69, 9.17) is 4.74 Å². The SMILES string of the molecule is CCNC(c1ccc(OC)cc1F)C1(C)CCCC1. The molecule has 1 aliphatic carbocycles. The van der Waals surface area contributed by atoms with Gasteiger partial charge in [-0.3, -0.25) is 0 Å². The zero-order chi connectivity index (χ0) is 13.9. The highest BCUT2D eigenvalue weighted by atomic mass is 19.1. The minimum Gasteiger partial charge on any atom is -0.497 e. The average molecular weight is 265 g/mol. The van der Waals surface area contributed by atoms with Crippen molar-refractivity contribution in [1.29, 1.82) is 0 Å². The fraction of sp³-hybridized carbons (Fsp3) is 0.625. The summed E-state index contributed by atoms with van der Waals surface area (Å²) >= 11 is 0. The molecular formula is C16H24FNO. The molecule has 106 valence electrons. The van der Waals surface area contributed by atoms with Crippen molar-refractivity contribution < 1.29 is 9.13 Å². The molecular weight excluding hydrogens is 241 g/mol. The Morgan fingerprint density at radius 2 is 2.05 bits per heavy atom. The van der Waals surface area contributed by atoms with E-state index in [2.05, 4.69) is 19.2 Å². The molecule has 0 aromatic heterocycles. The summed E-state index contributed by atoms with van der Waals surface area (Å²) in [5.74, 6) is 0.409. The van der Waals surface area contributed by atoms with Gasteiger partial charge in [0.1, 0.15) is 11.6 Å². The second-order valence-corrected chi connectivity index (χ2v) is 5.74. The predicted octanol–water partition coefficient (Wildman–Crippen LogP) is 4.07. The summed E-state index contributed by atoms with van der Waals surface area (Å²) in [4.78, 5) is 0. The van der Waals surface area contributed by atoms with Crippen LogP contribution in [0.15, 0.2) is 18.2 Å². The van der Waals surface area contributed by atoms with Crippen LogP contribution in [0.25, 0.3) is 0 Å². The maximum Gasteiger partial charge on any atom is 0.131 e. The third kappa shape index (κ3) is 2.92. The third-order valence-corrected chi connectivity index (χ3v) is 4.37. The molecule has 0 heterocycles. The highest BCUT2D eigenvalue weighted by Crippen LogP contribution is 2.47. The van der Waals surface area contributed by atoms with E-state index in [-0.39, 0.29) is 17.3 Å². The van der Waals surface area contributed by atoms with E-state index in [0.717, 1.165) is 24.9 Å². The van der Waals surface area contributed by atoms with E-state index in [9.17, 15) is 4.39 Å². The number of ether oxygens (including phenoxy) is 1. The molecule has 1 unspecified atom stereocenters. The second kappa shape index (κ2) is 5.91. The van der Waals surface area contributed by atoms with Crippen LogP contribution in [0, 0.1) is 11.2 Å². The highest BCUT2D eigenvalue weighted by Gasteiger charge is 2.38. The van der Waals surface area contributed by atoms with Gasteiger partial charge in [-0.15, -0.1) is 0 Å². The Balaban J connectivity index is 2.33. The molecule has 2 rings (SSSR count). The maximum atomic E-state index is 14.3. The molecule has 0 spiro atoms. The van der Waals surface area contributed by atoms with Crippen molar-refractivity contribution in [2.24, 2.45) is 5.41 Å². The number of methoxy groups -OCH3 is 1. The van der Waals surface area contributed by atoms with Crippen LogP contribution in [0.4, 0.5) is 4.39 Å². The molecule has 1 aromatic rings. The van der Waals surface area contributed by atoms with Gasteiger partial charge in [-0.05, 0) is 30.9 Å². The Bertz CT molecular complexity index is 427. The molecule has 1 aliphatic rings. The topological polar surface area (TPSA) is 21.3 Å². The van der Waals surface area contributed by atoms with E-state index in [0.29, 0.717) is 5.75 Å². The molecule has 1 N–H and O–H groups in total. The number of benzene rings is 1. The second-order valence-electron chi connectivity index (χ2n) is 5.74. The van der Waals surface area contributed by atoms with Gasteiger partial charge in [0, 0.05) is 17.7 Å². The molecule has 1 aromatic carbocycles. The molecule has 2 nitrogen and oxygen atoms in total. The van der Waals surface area contributed by atoms with E-state index in [1.807, 2.05) is 12.1 Å². The Kier molecular flexibility index (Phi) is 4.46. The average Bonchev–Trinajstić information content (AvgIpc) is 2.84. The van der Waals surface area contributed by atoms with Gasteiger partial charge in [0.15, 0.2) is 0 Å². The summed E-state index contributed by atoms with van der Waals surface area (Å²) in [6, 6.07) is 5.29. The Morgan fingerprint density at radius 3 is 2.58 bits per heavy atom. The number of nitrogens with one attached hydrogen (secondary N) is 1. The zero-order valence-corrected chi connectivity index (χ0v) is 12.1. The van der Waals surface area contributed by atoms with Crippen LogP contribution < -0.4 is 10.1 Å². The van der Waals surface area contributed by atoms with Crippen LogP contribution in [-0.4, -0.2) is 13.7 Å². The van der Waals surface area contributed by atoms with Crippen LogP contribution >= 0.6 is 0 Å². The fourth-order valence-corrected chi connectivity index (χ4v) is 3.28. The lowest BCUT2D eigenvalue weighted by molar-refractivity contribution is 0.221. The van der Waals surface area contributed by atoms with Crippen molar-refractivity contribution in [2.45, 2.75) is 45.6 Å². The summed E-state index contributed by atoms with van der Waals surface area (Å²) in [7, 11) is 1.56. The van der Waals surface area contributed by atoms with Crippen LogP contribution in [0.5, 0.6) is 5.75 Å². The van der Waals surface area contributed by atoms with Crippen molar-refractivity contribution in [1.82, 2.24) is 5.32 Å². The number of halogens is 1. The minimum absolute atomic E-state index is 0.0888. The lowest BCUT2D eigenvalue weighted by Crippen LogP contribution is -2.35. The molecule has 0 radical (unpaired) electrons. The van der Waals surface area contributed by atoms with Crippen molar-refractivity contribution in [3.05, 3.63) is 29.6 Å². The Hall–Kier alpha value is -1.09. The first-order chi connectivity index (χ1) is 9.10. The molecule has 0 bridgehead atoms. The summed E-state index contributed by atoms with van der Waals surface area (Å²) in [5, 5.41) is 3.48. The largest absolute Gasteiger partial charge is 0.497 e. The normalized spacial score (nSPS) is 19.4. The van der Waals surface area contributed by atoms with Crippen LogP contribution in [-0.2, 0) is 0 Å². The molecule has 1 saturated carbocycles. The zero-order valence-electron chi connectivity index (χ0n) is 12.1. The van der Waals surface area contributed by atoms with Gasteiger partial charge < -0.3 is 10.1 Å². The first kappa shape index (κ1) is 14.3. The van der Waals surface area contributed by atoms with Gasteiger partial charge >= 0.3 is 0 Å². The molecule has 3 heteroatoms. The first-order valence-corrected chi connectivity index (χ1v) is 7.17. The molecule has 1 atom stereocenters. The fourth-order valence-electron chi connectivity index (χ4n) is 3.28. The third-order valence-electron chi connectivity index (χ3n) is 4.37. The van der Waals surface area contributed by atoms with Crippen molar-refractivity contribution in [3.63, 3.8) is 0 Å². The van der Waals surface area contributed by atoms with Gasteiger partial charge in [-0.25, -0.2) is 4.39 Å². The van der Waals surface area contributed by atoms with Gasteiger partial charge in [0.2, 0.25) is 0 Å². The molecule has 19 heavy (non-hydrogen) atoms. The molecule has 0 saturated heterocycles. The van der Waals surface area contributed by atoms with E-state index in [1.54, 1.807) is 7.11 Å². The number of hydrogen-bond acceptors (Lipinski definition) is 2. The van der Waals surface area contributed by atoms with Crippen LogP contribution in [0.2, 0.25) is 0 Å². The minimum atomic E-state index is -0.168. The Labute approximate surface area is 115 Å². The molecule has 1 fully saturated rings. The lowest BCUT2D eigenvalue weighted by atomic mass is 9.77. The highest BCUT2D eigenvalue weighted by molar-refractivity contribution is 5.32. The van der Waals surface area contributed by atoms with E-state index in [1.165, 1.54) is 18.9 Å². The van der Waals surface area contributed by atoms with E-state index < -0.39 is 0 Å². The smallest absolute Gasteiger partial charge is 0.131 e. The lowest BCUT2D eigenvalue weighted by Gasteiger charge is -2.35. The van der Waals surface area contributed by atoms with E-state index >= 15 is 0 Å². The van der Waals surface area contributed by atoms with Crippen molar-refractivity contribution >= 4 is 0 Å². The number of hydrogen-bond donors (Lipinski definition) is 1. The summed E-state index contributed by atoms with van der Waals surface area (Å²) in [5.41, 5.74) is 0.929. The summed E-state index contributed by atoms with van der Waals surface area (Å²) < 4.78 is 19.4. The summed E-state index contributed by atoms with van der Waals surface area (Å²) in [6.07, 6.45) is 4.82. The van der Waals surface area contributed by atoms with Crippen molar-refractivity contribution in [3.8, 4) is 5.75 Å². The van der Waals surface area contributed by atoms with Crippen LogP contribution in [0.1, 0.15) is 51.1 Å². The van der Waals surface area contributed by atoms with Gasteiger partial charge in [0.05, 0.1) is 7.11 Å². The molecule has 0 amide bonds. The van der Waals surface area contributed by atoms with Gasteiger partial charge in [-0.2, -0.15) is 0 Å². The monoisotopic (exact) mass is 265 g/mol.